The van der Waals surface area contributed by atoms with Crippen molar-refractivity contribution in [2.75, 3.05) is 12.9 Å². The van der Waals surface area contributed by atoms with Crippen LogP contribution in [0, 0.1) is 0 Å². The van der Waals surface area contributed by atoms with Crippen molar-refractivity contribution in [1.29, 1.82) is 0 Å². The molecule has 0 aromatic heterocycles. The van der Waals surface area contributed by atoms with Gasteiger partial charge in [-0.25, -0.2) is 4.79 Å². The molecule has 0 aromatic carbocycles. The highest BCUT2D eigenvalue weighted by molar-refractivity contribution is 7.86. The highest BCUT2D eigenvalue weighted by Gasteiger charge is 2.37. The van der Waals surface area contributed by atoms with Crippen molar-refractivity contribution in [3.05, 3.63) is 11.6 Å². The molecule has 134 valence electrons. The molecule has 1 aliphatic rings. The third-order valence-electron chi connectivity index (χ3n) is 3.69. The van der Waals surface area contributed by atoms with E-state index in [-0.39, 0.29) is 19.1 Å². The lowest BCUT2D eigenvalue weighted by Crippen LogP contribution is -2.51. The Morgan fingerprint density at radius 2 is 1.96 bits per heavy atom. The van der Waals surface area contributed by atoms with Gasteiger partial charge < -0.3 is 15.2 Å². The van der Waals surface area contributed by atoms with Crippen molar-refractivity contribution in [1.82, 2.24) is 0 Å². The Morgan fingerprint density at radius 1 is 1.35 bits per heavy atom. The van der Waals surface area contributed by atoms with Crippen LogP contribution in [-0.2, 0) is 28.6 Å². The van der Waals surface area contributed by atoms with E-state index in [4.69, 9.17) is 19.4 Å². The maximum atomic E-state index is 12.0. The second kappa shape index (κ2) is 8.77. The van der Waals surface area contributed by atoms with Crippen LogP contribution in [0.4, 0.5) is 0 Å². The largest absolute Gasteiger partial charge is 0.463 e. The maximum absolute atomic E-state index is 12.0. The van der Waals surface area contributed by atoms with Gasteiger partial charge in [0, 0.05) is 12.0 Å². The van der Waals surface area contributed by atoms with E-state index in [1.807, 2.05) is 13.8 Å². The van der Waals surface area contributed by atoms with Crippen LogP contribution in [0.2, 0.25) is 0 Å². The van der Waals surface area contributed by atoms with E-state index in [2.05, 4.69) is 0 Å². The van der Waals surface area contributed by atoms with Crippen molar-refractivity contribution in [2.24, 2.45) is 5.73 Å². The zero-order valence-electron chi connectivity index (χ0n) is 14.2. The smallest absolute Gasteiger partial charge is 0.333 e. The highest BCUT2D eigenvalue weighted by Crippen LogP contribution is 2.26. The number of hydrogen-bond donors (Lipinski definition) is 1. The third-order valence-corrected chi connectivity index (χ3v) is 4.29. The van der Waals surface area contributed by atoms with E-state index in [1.54, 1.807) is 13.0 Å². The van der Waals surface area contributed by atoms with Gasteiger partial charge in [-0.3, -0.25) is 4.18 Å². The average molecular weight is 349 g/mol. The zero-order chi connectivity index (χ0) is 17.6. The molecule has 7 nitrogen and oxygen atoms in total. The number of nitrogens with two attached hydrogens (primary N) is 1. The van der Waals surface area contributed by atoms with Crippen LogP contribution in [0.5, 0.6) is 0 Å². The molecule has 3 atom stereocenters. The first kappa shape index (κ1) is 20.1. The van der Waals surface area contributed by atoms with E-state index in [0.29, 0.717) is 5.57 Å². The summed E-state index contributed by atoms with van der Waals surface area (Å²) >= 11 is 0. The van der Waals surface area contributed by atoms with Crippen molar-refractivity contribution < 1.29 is 26.9 Å². The standard InChI is InChI=1S/C15H27NO6S/c1-5-11(6-2)21-12-8-10(15(17)20-7-3)9-13(14(12)16)22-23(4,18)19/h8,11-14H,5-7,9,16H2,1-4H3/t12-,13-,14+/m1/s1. The Kier molecular flexibility index (Phi) is 7.66. The lowest BCUT2D eigenvalue weighted by atomic mass is 9.90. The number of hydrogen-bond acceptors (Lipinski definition) is 7. The minimum atomic E-state index is -3.70. The topological polar surface area (TPSA) is 105 Å². The van der Waals surface area contributed by atoms with Crippen molar-refractivity contribution >= 4 is 16.1 Å². The van der Waals surface area contributed by atoms with E-state index in [9.17, 15) is 13.2 Å². The fraction of sp³-hybridized carbons (Fsp3) is 0.800. The molecule has 8 heteroatoms. The molecule has 0 spiro atoms. The Hall–Kier alpha value is -0.960. The van der Waals surface area contributed by atoms with Crippen LogP contribution >= 0.6 is 0 Å². The lowest BCUT2D eigenvalue weighted by molar-refractivity contribution is -0.139. The van der Waals surface area contributed by atoms with E-state index in [1.165, 1.54) is 0 Å². The zero-order valence-corrected chi connectivity index (χ0v) is 15.0. The summed E-state index contributed by atoms with van der Waals surface area (Å²) in [6.45, 7) is 5.92. The number of carbonyl (C=O) groups excluding carboxylic acids is 1. The van der Waals surface area contributed by atoms with Gasteiger partial charge in [-0.15, -0.1) is 0 Å². The molecule has 0 fully saturated rings. The van der Waals surface area contributed by atoms with Crippen LogP contribution in [0.3, 0.4) is 0 Å². The van der Waals surface area contributed by atoms with Gasteiger partial charge in [0.1, 0.15) is 0 Å². The van der Waals surface area contributed by atoms with Gasteiger partial charge in [-0.05, 0) is 25.8 Å². The van der Waals surface area contributed by atoms with E-state index in [0.717, 1.165) is 19.1 Å². The second-order valence-corrected chi connectivity index (χ2v) is 7.17. The Labute approximate surface area is 138 Å². The van der Waals surface area contributed by atoms with Crippen LogP contribution < -0.4 is 5.73 Å². The van der Waals surface area contributed by atoms with Gasteiger partial charge in [-0.2, -0.15) is 8.42 Å². The Bertz CT molecular complexity index is 526. The molecule has 0 bridgehead atoms. The SMILES string of the molecule is CCOC(=O)C1=C[C@@H](OC(CC)CC)[C@H](N)[C@H](OS(C)(=O)=O)C1. The molecule has 1 aliphatic carbocycles. The first-order chi connectivity index (χ1) is 10.7. The van der Waals surface area contributed by atoms with E-state index >= 15 is 0 Å². The Balaban J connectivity index is 3.03. The summed E-state index contributed by atoms with van der Waals surface area (Å²) < 4.78 is 38.8. The number of esters is 1. The molecular weight excluding hydrogens is 322 g/mol. The van der Waals surface area contributed by atoms with Gasteiger partial charge in [-0.1, -0.05) is 13.8 Å². The maximum Gasteiger partial charge on any atom is 0.333 e. The van der Waals surface area contributed by atoms with Gasteiger partial charge in [0.2, 0.25) is 0 Å². The minimum Gasteiger partial charge on any atom is -0.463 e. The summed E-state index contributed by atoms with van der Waals surface area (Å²) in [5.74, 6) is -0.500. The highest BCUT2D eigenvalue weighted by atomic mass is 32.2. The average Bonchev–Trinajstić information content (AvgIpc) is 2.46. The summed E-state index contributed by atoms with van der Waals surface area (Å²) in [4.78, 5) is 12.0. The minimum absolute atomic E-state index is 0.0253. The summed E-state index contributed by atoms with van der Waals surface area (Å²) in [5, 5.41) is 0. The molecule has 0 unspecified atom stereocenters. The monoisotopic (exact) mass is 349 g/mol. The summed E-state index contributed by atoms with van der Waals surface area (Å²) in [7, 11) is -3.70. The summed E-state index contributed by atoms with van der Waals surface area (Å²) in [6.07, 6.45) is 2.77. The molecule has 0 radical (unpaired) electrons. The van der Waals surface area contributed by atoms with Gasteiger partial charge in [0.15, 0.2) is 0 Å². The predicted octanol–water partition coefficient (Wildman–Crippen LogP) is 1.13. The second-order valence-electron chi connectivity index (χ2n) is 5.57. The number of ether oxygens (including phenoxy) is 2. The van der Waals surface area contributed by atoms with Crippen molar-refractivity contribution in [2.45, 2.75) is 64.4 Å². The van der Waals surface area contributed by atoms with Crippen LogP contribution in [0.1, 0.15) is 40.0 Å². The van der Waals surface area contributed by atoms with Gasteiger partial charge in [0.25, 0.3) is 10.1 Å². The van der Waals surface area contributed by atoms with Crippen LogP contribution in [-0.4, -0.2) is 51.6 Å². The van der Waals surface area contributed by atoms with Gasteiger partial charge >= 0.3 is 5.97 Å². The molecule has 23 heavy (non-hydrogen) atoms. The lowest BCUT2D eigenvalue weighted by Gasteiger charge is -2.35. The van der Waals surface area contributed by atoms with Gasteiger partial charge in [0.05, 0.1) is 37.2 Å². The van der Waals surface area contributed by atoms with Crippen molar-refractivity contribution in [3.8, 4) is 0 Å². The molecule has 0 aromatic rings. The molecule has 0 aliphatic heterocycles. The molecule has 1 rings (SSSR count). The van der Waals surface area contributed by atoms with E-state index < -0.39 is 34.3 Å². The Morgan fingerprint density at radius 3 is 2.43 bits per heavy atom. The number of rotatable bonds is 8. The fourth-order valence-electron chi connectivity index (χ4n) is 2.47. The quantitative estimate of drug-likeness (QED) is 0.517. The van der Waals surface area contributed by atoms with Crippen LogP contribution in [0.15, 0.2) is 11.6 Å². The molecular formula is C15H27NO6S. The first-order valence-corrected chi connectivity index (χ1v) is 9.70. The fourth-order valence-corrected chi connectivity index (χ4v) is 3.12. The number of carbonyl (C=O) groups is 1. The normalized spacial score (nSPS) is 25.3. The molecule has 0 amide bonds. The molecule has 2 N–H and O–H groups in total. The summed E-state index contributed by atoms with van der Waals surface area (Å²) in [6, 6.07) is -0.677. The third kappa shape index (κ3) is 6.21. The first-order valence-electron chi connectivity index (χ1n) is 7.88. The molecule has 0 saturated carbocycles. The van der Waals surface area contributed by atoms with Crippen molar-refractivity contribution in [3.63, 3.8) is 0 Å². The van der Waals surface area contributed by atoms with Crippen LogP contribution in [0.25, 0.3) is 0 Å². The summed E-state index contributed by atoms with van der Waals surface area (Å²) in [5.41, 5.74) is 6.44. The molecule has 0 saturated heterocycles. The molecule has 0 heterocycles. The predicted molar refractivity (Wildman–Crippen MR) is 86.3 cm³/mol.